The lowest BCUT2D eigenvalue weighted by Crippen LogP contribution is -2.48. The van der Waals surface area contributed by atoms with Crippen LogP contribution in [0.3, 0.4) is 0 Å². The van der Waals surface area contributed by atoms with E-state index < -0.39 is 11.4 Å². The molecule has 0 unspecified atom stereocenters. The zero-order chi connectivity index (χ0) is 27.1. The van der Waals surface area contributed by atoms with E-state index in [0.717, 1.165) is 16.6 Å². The first-order valence-electron chi connectivity index (χ1n) is 12.0. The molecule has 1 aliphatic carbocycles. The van der Waals surface area contributed by atoms with Gasteiger partial charge >= 0.3 is 0 Å². The number of pyridine rings is 1. The Morgan fingerprint density at radius 2 is 1.97 bits per heavy atom. The SMILES string of the molecule is COc1cc(C(=O)NC2(C(=O)NCc3ccc(-n4c(-c5nc(C)no5)c(Cl)c5ccccc54)cn3)CC2)on1. The standard InChI is InChI=1S/C26H22ClN7O5/c1-14-30-24(39-32-14)22-21(27)17-5-3-4-6-18(17)34(22)16-8-7-15(28-13-16)12-29-25(36)26(9-10-26)31-23(35)19-11-20(37-2)33-38-19/h3-8,11,13H,9-10,12H2,1-2H3,(H,29,36)(H,31,35). The van der Waals surface area contributed by atoms with E-state index in [4.69, 9.17) is 25.4 Å². The molecule has 198 valence electrons. The maximum Gasteiger partial charge on any atom is 0.290 e. The molecular weight excluding hydrogens is 526 g/mol. The molecule has 0 aliphatic heterocycles. The molecule has 0 saturated heterocycles. The Bertz CT molecular complexity index is 1700. The number of halogens is 1. The summed E-state index contributed by atoms with van der Waals surface area (Å²) in [5, 5.41) is 14.4. The van der Waals surface area contributed by atoms with E-state index in [1.165, 1.54) is 13.2 Å². The number of aryl methyl sites for hydroxylation is 1. The van der Waals surface area contributed by atoms with Crippen LogP contribution in [0.25, 0.3) is 28.2 Å². The second kappa shape index (κ2) is 9.55. The Morgan fingerprint density at radius 3 is 2.64 bits per heavy atom. The molecular formula is C26H22ClN7O5. The molecule has 1 aliphatic rings. The molecule has 1 aromatic carbocycles. The second-order valence-corrected chi connectivity index (χ2v) is 9.50. The van der Waals surface area contributed by atoms with Crippen molar-refractivity contribution in [3.8, 4) is 23.2 Å². The van der Waals surface area contributed by atoms with Gasteiger partial charge in [0, 0.05) is 5.39 Å². The summed E-state index contributed by atoms with van der Waals surface area (Å²) in [4.78, 5) is 34.3. The summed E-state index contributed by atoms with van der Waals surface area (Å²) in [5.41, 5.74) is 1.79. The summed E-state index contributed by atoms with van der Waals surface area (Å²) in [6.07, 6.45) is 2.71. The summed E-state index contributed by atoms with van der Waals surface area (Å²) in [6, 6.07) is 12.7. The molecule has 6 rings (SSSR count). The Labute approximate surface area is 226 Å². The van der Waals surface area contributed by atoms with Crippen LogP contribution in [0.5, 0.6) is 5.88 Å². The third-order valence-electron chi connectivity index (χ3n) is 6.50. The quantitative estimate of drug-likeness (QED) is 0.297. The van der Waals surface area contributed by atoms with Gasteiger partial charge in [-0.1, -0.05) is 35.0 Å². The van der Waals surface area contributed by atoms with Gasteiger partial charge in [0.2, 0.25) is 11.7 Å². The van der Waals surface area contributed by atoms with Crippen LogP contribution in [0.2, 0.25) is 5.02 Å². The minimum atomic E-state index is -0.991. The first-order chi connectivity index (χ1) is 18.9. The zero-order valence-electron chi connectivity index (χ0n) is 20.9. The van der Waals surface area contributed by atoms with Crippen molar-refractivity contribution >= 4 is 34.3 Å². The van der Waals surface area contributed by atoms with Crippen LogP contribution in [0.1, 0.15) is 34.9 Å². The highest BCUT2D eigenvalue weighted by Gasteiger charge is 2.51. The topological polar surface area (TPSA) is 150 Å². The van der Waals surface area contributed by atoms with Gasteiger partial charge < -0.3 is 29.0 Å². The number of nitrogens with one attached hydrogen (secondary N) is 2. The molecule has 1 fully saturated rings. The van der Waals surface area contributed by atoms with Gasteiger partial charge in [0.25, 0.3) is 17.7 Å². The fraction of sp³-hybridized carbons (Fsp3) is 0.231. The number of rotatable bonds is 8. The molecule has 0 spiro atoms. The molecule has 4 heterocycles. The minimum Gasteiger partial charge on any atom is -0.479 e. The van der Waals surface area contributed by atoms with Gasteiger partial charge in [-0.2, -0.15) is 4.98 Å². The summed E-state index contributed by atoms with van der Waals surface area (Å²) in [5.74, 6) is 0.100. The molecule has 1 saturated carbocycles. The van der Waals surface area contributed by atoms with E-state index >= 15 is 0 Å². The number of fused-ring (bicyclic) bond motifs is 1. The van der Waals surface area contributed by atoms with Gasteiger partial charge in [-0.3, -0.25) is 14.6 Å². The van der Waals surface area contributed by atoms with Gasteiger partial charge in [0.1, 0.15) is 11.2 Å². The highest BCUT2D eigenvalue weighted by molar-refractivity contribution is 6.38. The molecule has 13 heteroatoms. The van der Waals surface area contributed by atoms with Crippen molar-refractivity contribution in [1.82, 2.24) is 35.5 Å². The molecule has 4 aromatic heterocycles. The monoisotopic (exact) mass is 547 g/mol. The van der Waals surface area contributed by atoms with Crippen LogP contribution in [-0.2, 0) is 11.3 Å². The molecule has 12 nitrogen and oxygen atoms in total. The Kier molecular flexibility index (Phi) is 6.03. The lowest BCUT2D eigenvalue weighted by atomic mass is 10.2. The van der Waals surface area contributed by atoms with E-state index in [-0.39, 0.29) is 24.1 Å². The van der Waals surface area contributed by atoms with Gasteiger partial charge in [0.15, 0.2) is 5.82 Å². The Hall–Kier alpha value is -4.71. The molecule has 2 amide bonds. The number of hydrogen-bond donors (Lipinski definition) is 2. The highest BCUT2D eigenvalue weighted by atomic mass is 35.5. The number of hydrogen-bond acceptors (Lipinski definition) is 9. The van der Waals surface area contributed by atoms with E-state index in [0.29, 0.717) is 41.0 Å². The van der Waals surface area contributed by atoms with Crippen molar-refractivity contribution < 1.29 is 23.4 Å². The van der Waals surface area contributed by atoms with Gasteiger partial charge in [0.05, 0.1) is 47.8 Å². The minimum absolute atomic E-state index is 0.0316. The molecule has 0 atom stereocenters. The third-order valence-corrected chi connectivity index (χ3v) is 6.88. The number of nitrogens with zero attached hydrogens (tertiary/aromatic N) is 5. The summed E-state index contributed by atoms with van der Waals surface area (Å²) < 4.78 is 17.2. The molecule has 39 heavy (non-hydrogen) atoms. The van der Waals surface area contributed by atoms with Crippen LogP contribution < -0.4 is 15.4 Å². The van der Waals surface area contributed by atoms with Crippen molar-refractivity contribution in [3.63, 3.8) is 0 Å². The number of carbonyl (C=O) groups is 2. The number of benzene rings is 1. The van der Waals surface area contributed by atoms with Crippen LogP contribution in [0, 0.1) is 6.92 Å². The molecule has 0 bridgehead atoms. The van der Waals surface area contributed by atoms with Gasteiger partial charge in [-0.25, -0.2) is 0 Å². The molecule has 2 N–H and O–H groups in total. The molecule has 0 radical (unpaired) electrons. The summed E-state index contributed by atoms with van der Waals surface area (Å²) in [7, 11) is 1.42. The normalized spacial score (nSPS) is 13.8. The largest absolute Gasteiger partial charge is 0.479 e. The number of aromatic nitrogens is 5. The first-order valence-corrected chi connectivity index (χ1v) is 12.4. The predicted octanol–water partition coefficient (Wildman–Crippen LogP) is 3.61. The predicted molar refractivity (Wildman–Crippen MR) is 138 cm³/mol. The van der Waals surface area contributed by atoms with Crippen LogP contribution >= 0.6 is 11.6 Å². The highest BCUT2D eigenvalue weighted by Crippen LogP contribution is 2.39. The van der Waals surface area contributed by atoms with Crippen molar-refractivity contribution in [3.05, 3.63) is 71.0 Å². The number of para-hydroxylation sites is 1. The number of methoxy groups -OCH3 is 1. The average Bonchev–Trinajstić information content (AvgIpc) is 3.26. The van der Waals surface area contributed by atoms with Gasteiger partial charge in [-0.05, 0) is 43.1 Å². The lowest BCUT2D eigenvalue weighted by Gasteiger charge is -2.16. The van der Waals surface area contributed by atoms with Gasteiger partial charge in [-0.15, -0.1) is 0 Å². The third kappa shape index (κ3) is 4.48. The van der Waals surface area contributed by atoms with E-state index in [2.05, 4.69) is 30.9 Å². The maximum atomic E-state index is 12.9. The van der Waals surface area contributed by atoms with Crippen molar-refractivity contribution in [2.75, 3.05) is 7.11 Å². The molecule has 5 aromatic rings. The summed E-state index contributed by atoms with van der Waals surface area (Å²) in [6.45, 7) is 1.91. The van der Waals surface area contributed by atoms with E-state index in [1.807, 2.05) is 34.9 Å². The van der Waals surface area contributed by atoms with Crippen molar-refractivity contribution in [2.24, 2.45) is 0 Å². The van der Waals surface area contributed by atoms with E-state index in [9.17, 15) is 9.59 Å². The van der Waals surface area contributed by atoms with Crippen molar-refractivity contribution in [1.29, 1.82) is 0 Å². The lowest BCUT2D eigenvalue weighted by molar-refractivity contribution is -0.124. The smallest absolute Gasteiger partial charge is 0.290 e. The zero-order valence-corrected chi connectivity index (χ0v) is 21.7. The number of carbonyl (C=O) groups excluding carboxylic acids is 2. The Balaban J connectivity index is 1.19. The van der Waals surface area contributed by atoms with Crippen molar-refractivity contribution in [2.45, 2.75) is 31.8 Å². The maximum absolute atomic E-state index is 12.9. The van der Waals surface area contributed by atoms with E-state index in [1.54, 1.807) is 19.2 Å². The van der Waals surface area contributed by atoms with Crippen LogP contribution in [0.4, 0.5) is 0 Å². The van der Waals surface area contributed by atoms with Crippen LogP contribution in [0.15, 0.2) is 57.7 Å². The van der Waals surface area contributed by atoms with Crippen LogP contribution in [-0.4, -0.2) is 49.3 Å². The second-order valence-electron chi connectivity index (χ2n) is 9.12. The first kappa shape index (κ1) is 24.6. The fourth-order valence-corrected chi connectivity index (χ4v) is 4.65. The number of amides is 2. The summed E-state index contributed by atoms with van der Waals surface area (Å²) >= 11 is 6.74. The fourth-order valence-electron chi connectivity index (χ4n) is 4.32. The Morgan fingerprint density at radius 1 is 1.15 bits per heavy atom. The average molecular weight is 548 g/mol. The number of ether oxygens (including phenoxy) is 1.